The van der Waals surface area contributed by atoms with Gasteiger partial charge in [0.1, 0.15) is 4.90 Å². The highest BCUT2D eigenvalue weighted by Crippen LogP contribution is 2.20. The molecule has 0 aliphatic carbocycles. The van der Waals surface area contributed by atoms with Gasteiger partial charge in [-0.05, 0) is 37.3 Å². The summed E-state index contributed by atoms with van der Waals surface area (Å²) >= 11 is 0. The largest absolute Gasteiger partial charge is 0.321 e. The normalized spacial score (nSPS) is 11.3. The topological polar surface area (TPSA) is 111 Å². The summed E-state index contributed by atoms with van der Waals surface area (Å²) in [6, 6.07) is 7.95. The Morgan fingerprint density at radius 2 is 1.65 bits per heavy atom. The van der Waals surface area contributed by atoms with Crippen molar-refractivity contribution in [1.82, 2.24) is 19.6 Å². The van der Waals surface area contributed by atoms with E-state index in [1.165, 1.54) is 15.6 Å². The van der Waals surface area contributed by atoms with Crippen LogP contribution in [0.25, 0.3) is 0 Å². The van der Waals surface area contributed by atoms with Gasteiger partial charge >= 0.3 is 0 Å². The van der Waals surface area contributed by atoms with Gasteiger partial charge in [-0.1, -0.05) is 0 Å². The van der Waals surface area contributed by atoms with Crippen LogP contribution < -0.4 is 10.0 Å². The molecule has 2 aromatic heterocycles. The standard InChI is InChI=1S/C16H18N6O3S/c1-11-15(10-22(3)18-11)26(24,25)20-13-6-4-12(5-7-13)17-16(23)14-8-9-21(2)19-14/h4-10,20H,1-3H3,(H,17,23). The second-order valence-corrected chi connectivity index (χ2v) is 7.41. The predicted octanol–water partition coefficient (Wildman–Crippen LogP) is 1.52. The van der Waals surface area contributed by atoms with E-state index in [0.717, 1.165) is 0 Å². The molecule has 0 saturated heterocycles. The number of nitrogens with zero attached hydrogens (tertiary/aromatic N) is 4. The average molecular weight is 374 g/mol. The summed E-state index contributed by atoms with van der Waals surface area (Å²) in [6.45, 7) is 1.63. The number of benzene rings is 1. The highest BCUT2D eigenvalue weighted by atomic mass is 32.2. The molecule has 0 unspecified atom stereocenters. The zero-order valence-electron chi connectivity index (χ0n) is 14.5. The van der Waals surface area contributed by atoms with Crippen LogP contribution in [0.2, 0.25) is 0 Å². The van der Waals surface area contributed by atoms with Crippen molar-refractivity contribution in [2.24, 2.45) is 14.1 Å². The quantitative estimate of drug-likeness (QED) is 0.703. The minimum atomic E-state index is -3.73. The maximum absolute atomic E-state index is 12.4. The Hall–Kier alpha value is -3.14. The predicted molar refractivity (Wildman–Crippen MR) is 96.4 cm³/mol. The number of carbonyl (C=O) groups is 1. The number of hydrogen-bond acceptors (Lipinski definition) is 5. The second-order valence-electron chi connectivity index (χ2n) is 5.76. The molecule has 0 bridgehead atoms. The molecule has 1 aromatic carbocycles. The van der Waals surface area contributed by atoms with Gasteiger partial charge in [-0.2, -0.15) is 10.2 Å². The molecule has 3 rings (SSSR count). The number of aromatic nitrogens is 4. The van der Waals surface area contributed by atoms with E-state index in [-0.39, 0.29) is 10.8 Å². The van der Waals surface area contributed by atoms with Crippen molar-refractivity contribution >= 4 is 27.3 Å². The maximum Gasteiger partial charge on any atom is 0.276 e. The number of anilines is 2. The summed E-state index contributed by atoms with van der Waals surface area (Å²) in [5, 5.41) is 10.8. The molecule has 0 radical (unpaired) electrons. The molecule has 10 heteroatoms. The molecule has 0 saturated carbocycles. The van der Waals surface area contributed by atoms with E-state index in [1.54, 1.807) is 57.5 Å². The third-order valence-corrected chi connectivity index (χ3v) is 5.08. The van der Waals surface area contributed by atoms with E-state index in [0.29, 0.717) is 22.8 Å². The van der Waals surface area contributed by atoms with Crippen LogP contribution >= 0.6 is 0 Å². The lowest BCUT2D eigenvalue weighted by Crippen LogP contribution is -2.14. The number of rotatable bonds is 5. The average Bonchev–Trinajstić information content (AvgIpc) is 3.14. The minimum Gasteiger partial charge on any atom is -0.321 e. The first-order valence-electron chi connectivity index (χ1n) is 7.69. The first-order chi connectivity index (χ1) is 12.2. The molecule has 0 atom stereocenters. The van der Waals surface area contributed by atoms with Crippen LogP contribution in [0.15, 0.2) is 47.6 Å². The zero-order chi connectivity index (χ0) is 18.9. The molecule has 1 amide bonds. The van der Waals surface area contributed by atoms with Gasteiger partial charge in [-0.25, -0.2) is 8.42 Å². The minimum absolute atomic E-state index is 0.118. The van der Waals surface area contributed by atoms with Crippen LogP contribution in [0.3, 0.4) is 0 Å². The third-order valence-electron chi connectivity index (χ3n) is 3.60. The lowest BCUT2D eigenvalue weighted by Gasteiger charge is -2.08. The summed E-state index contributed by atoms with van der Waals surface area (Å²) in [5.74, 6) is -0.343. The monoisotopic (exact) mass is 374 g/mol. The van der Waals surface area contributed by atoms with Crippen LogP contribution in [-0.2, 0) is 24.1 Å². The Morgan fingerprint density at radius 1 is 1.00 bits per heavy atom. The fourth-order valence-electron chi connectivity index (χ4n) is 2.40. The van der Waals surface area contributed by atoms with Gasteiger partial charge in [-0.3, -0.25) is 18.9 Å². The van der Waals surface area contributed by atoms with Crippen LogP contribution in [0.1, 0.15) is 16.2 Å². The summed E-state index contributed by atoms with van der Waals surface area (Å²) in [5.41, 5.74) is 1.62. The summed E-state index contributed by atoms with van der Waals surface area (Å²) < 4.78 is 30.4. The molecule has 0 aliphatic heterocycles. The summed E-state index contributed by atoms with van der Waals surface area (Å²) in [6.07, 6.45) is 3.12. The van der Waals surface area contributed by atoms with Crippen molar-refractivity contribution < 1.29 is 13.2 Å². The fourth-order valence-corrected chi connectivity index (χ4v) is 3.68. The van der Waals surface area contributed by atoms with Crippen LogP contribution in [-0.4, -0.2) is 33.9 Å². The van der Waals surface area contributed by atoms with Gasteiger partial charge in [0, 0.05) is 37.9 Å². The summed E-state index contributed by atoms with van der Waals surface area (Å²) in [4.78, 5) is 12.2. The number of carbonyl (C=O) groups excluding carboxylic acids is 1. The number of sulfonamides is 1. The fraction of sp³-hybridized carbons (Fsp3) is 0.188. The second kappa shape index (κ2) is 6.64. The first-order valence-corrected chi connectivity index (χ1v) is 9.17. The maximum atomic E-state index is 12.4. The molecule has 0 fully saturated rings. The van der Waals surface area contributed by atoms with E-state index < -0.39 is 10.0 Å². The van der Waals surface area contributed by atoms with Crippen molar-refractivity contribution in [3.8, 4) is 0 Å². The molecule has 26 heavy (non-hydrogen) atoms. The lowest BCUT2D eigenvalue weighted by molar-refractivity contribution is 0.102. The van der Waals surface area contributed by atoms with Gasteiger partial charge < -0.3 is 5.32 Å². The first kappa shape index (κ1) is 17.7. The number of nitrogens with one attached hydrogen (secondary N) is 2. The Labute approximate surface area is 150 Å². The van der Waals surface area contributed by atoms with E-state index in [1.807, 2.05) is 0 Å². The van der Waals surface area contributed by atoms with Crippen molar-refractivity contribution in [3.05, 3.63) is 54.1 Å². The number of aryl methyl sites for hydroxylation is 3. The molecule has 9 nitrogen and oxygen atoms in total. The molecule has 3 aromatic rings. The van der Waals surface area contributed by atoms with Gasteiger partial charge in [0.25, 0.3) is 15.9 Å². The SMILES string of the molecule is Cc1nn(C)cc1S(=O)(=O)Nc1ccc(NC(=O)c2ccn(C)n2)cc1. The Morgan fingerprint density at radius 3 is 2.19 bits per heavy atom. The Balaban J connectivity index is 1.71. The molecule has 2 N–H and O–H groups in total. The summed E-state index contributed by atoms with van der Waals surface area (Å²) in [7, 11) is -0.351. The van der Waals surface area contributed by atoms with E-state index in [4.69, 9.17) is 0 Å². The Kier molecular flexibility index (Phi) is 4.51. The van der Waals surface area contributed by atoms with Crippen molar-refractivity contribution in [3.63, 3.8) is 0 Å². The van der Waals surface area contributed by atoms with Crippen molar-refractivity contribution in [1.29, 1.82) is 0 Å². The van der Waals surface area contributed by atoms with Crippen LogP contribution in [0.4, 0.5) is 11.4 Å². The molecule has 2 heterocycles. The lowest BCUT2D eigenvalue weighted by atomic mass is 10.3. The number of amides is 1. The molecule has 0 aliphatic rings. The van der Waals surface area contributed by atoms with Crippen LogP contribution in [0, 0.1) is 6.92 Å². The van der Waals surface area contributed by atoms with E-state index >= 15 is 0 Å². The highest BCUT2D eigenvalue weighted by Gasteiger charge is 2.20. The molecular formula is C16H18N6O3S. The Bertz CT molecular complexity index is 1050. The smallest absolute Gasteiger partial charge is 0.276 e. The van der Waals surface area contributed by atoms with Gasteiger partial charge in [0.05, 0.1) is 5.69 Å². The third kappa shape index (κ3) is 3.75. The molecule has 136 valence electrons. The van der Waals surface area contributed by atoms with E-state index in [9.17, 15) is 13.2 Å². The van der Waals surface area contributed by atoms with Gasteiger partial charge in [0.2, 0.25) is 0 Å². The zero-order valence-corrected chi connectivity index (χ0v) is 15.3. The van der Waals surface area contributed by atoms with Gasteiger partial charge in [-0.15, -0.1) is 0 Å². The molecular weight excluding hydrogens is 356 g/mol. The molecule has 0 spiro atoms. The van der Waals surface area contributed by atoms with E-state index in [2.05, 4.69) is 20.2 Å². The highest BCUT2D eigenvalue weighted by molar-refractivity contribution is 7.92. The van der Waals surface area contributed by atoms with Gasteiger partial charge in [0.15, 0.2) is 5.69 Å². The number of hydrogen-bond donors (Lipinski definition) is 2. The van der Waals surface area contributed by atoms with Crippen LogP contribution in [0.5, 0.6) is 0 Å². The van der Waals surface area contributed by atoms with Crippen molar-refractivity contribution in [2.45, 2.75) is 11.8 Å². The van der Waals surface area contributed by atoms with Crippen molar-refractivity contribution in [2.75, 3.05) is 10.0 Å².